The number of rotatable bonds is 6. The van der Waals surface area contributed by atoms with Gasteiger partial charge < -0.3 is 19.1 Å². The third kappa shape index (κ3) is 4.37. The summed E-state index contributed by atoms with van der Waals surface area (Å²) in [5, 5.41) is 0. The summed E-state index contributed by atoms with van der Waals surface area (Å²) in [6, 6.07) is 9.97. The molecule has 2 heterocycles. The molecule has 0 aliphatic carbocycles. The van der Waals surface area contributed by atoms with E-state index >= 15 is 0 Å². The van der Waals surface area contributed by atoms with Crippen molar-refractivity contribution >= 4 is 11.9 Å². The number of nitrogens with zero attached hydrogens (tertiary/aromatic N) is 3. The fourth-order valence-corrected chi connectivity index (χ4v) is 4.06. The lowest BCUT2D eigenvalue weighted by Gasteiger charge is -2.34. The van der Waals surface area contributed by atoms with Gasteiger partial charge in [0.2, 0.25) is 0 Å². The molecular formula is C23H31N3O3. The van der Waals surface area contributed by atoms with Gasteiger partial charge in [-0.2, -0.15) is 0 Å². The molecule has 29 heavy (non-hydrogen) atoms. The highest BCUT2D eigenvalue weighted by molar-refractivity contribution is 6.01. The smallest absolute Gasteiger partial charge is 0.355 e. The van der Waals surface area contributed by atoms with E-state index in [4.69, 9.17) is 4.74 Å². The second kappa shape index (κ2) is 9.27. The summed E-state index contributed by atoms with van der Waals surface area (Å²) in [6.45, 7) is 12.7. The number of esters is 1. The van der Waals surface area contributed by atoms with Crippen molar-refractivity contribution in [2.75, 3.05) is 39.3 Å². The Hall–Kier alpha value is -2.60. The van der Waals surface area contributed by atoms with Gasteiger partial charge in [-0.1, -0.05) is 37.3 Å². The molecule has 0 unspecified atom stereocenters. The standard InChI is InChI=1S/C23H31N3O3/c1-5-24-12-14-25(15-13-24)22(27)20-17(3)21(23(28)29-6-2)26(18(20)4)16-19-10-8-7-9-11-19/h7-11H,5-6,12-16H2,1-4H3. The van der Waals surface area contributed by atoms with Crippen molar-refractivity contribution < 1.29 is 14.3 Å². The predicted molar refractivity (Wildman–Crippen MR) is 113 cm³/mol. The second-order valence-electron chi connectivity index (χ2n) is 7.45. The van der Waals surface area contributed by atoms with E-state index in [0.29, 0.717) is 43.1 Å². The Morgan fingerprint density at radius 1 is 1.00 bits per heavy atom. The highest BCUT2D eigenvalue weighted by Gasteiger charge is 2.30. The summed E-state index contributed by atoms with van der Waals surface area (Å²) in [4.78, 5) is 30.4. The van der Waals surface area contributed by atoms with Gasteiger partial charge in [0.05, 0.1) is 12.2 Å². The lowest BCUT2D eigenvalue weighted by atomic mass is 10.1. The molecule has 0 radical (unpaired) electrons. The summed E-state index contributed by atoms with van der Waals surface area (Å²) < 4.78 is 7.25. The van der Waals surface area contributed by atoms with Gasteiger partial charge in [-0.3, -0.25) is 4.79 Å². The van der Waals surface area contributed by atoms with E-state index in [0.717, 1.165) is 30.9 Å². The molecule has 0 atom stereocenters. The van der Waals surface area contributed by atoms with E-state index in [2.05, 4.69) is 11.8 Å². The van der Waals surface area contributed by atoms with Crippen LogP contribution in [0.15, 0.2) is 30.3 Å². The van der Waals surface area contributed by atoms with Crippen LogP contribution in [0, 0.1) is 13.8 Å². The Balaban J connectivity index is 1.98. The number of hydrogen-bond acceptors (Lipinski definition) is 4. The van der Waals surface area contributed by atoms with E-state index < -0.39 is 0 Å². The molecule has 2 aromatic rings. The first-order valence-electron chi connectivity index (χ1n) is 10.4. The first-order chi connectivity index (χ1) is 14.0. The zero-order valence-electron chi connectivity index (χ0n) is 17.9. The molecule has 0 spiro atoms. The topological polar surface area (TPSA) is 54.8 Å². The molecule has 1 fully saturated rings. The van der Waals surface area contributed by atoms with Crippen molar-refractivity contribution in [2.24, 2.45) is 0 Å². The average Bonchev–Trinajstić information content (AvgIpc) is 2.98. The molecule has 0 N–H and O–H groups in total. The van der Waals surface area contributed by atoms with Gasteiger partial charge in [0.25, 0.3) is 5.91 Å². The van der Waals surface area contributed by atoms with Gasteiger partial charge in [0.15, 0.2) is 0 Å². The van der Waals surface area contributed by atoms with Crippen molar-refractivity contribution in [1.29, 1.82) is 0 Å². The van der Waals surface area contributed by atoms with E-state index in [-0.39, 0.29) is 11.9 Å². The van der Waals surface area contributed by atoms with Gasteiger partial charge in [-0.05, 0) is 38.4 Å². The lowest BCUT2D eigenvalue weighted by molar-refractivity contribution is 0.0513. The number of benzene rings is 1. The number of ether oxygens (including phenoxy) is 1. The van der Waals surface area contributed by atoms with Crippen LogP contribution in [0.1, 0.15) is 51.5 Å². The fraction of sp³-hybridized carbons (Fsp3) is 0.478. The molecule has 1 saturated heterocycles. The Labute approximate surface area is 173 Å². The van der Waals surface area contributed by atoms with Gasteiger partial charge in [-0.25, -0.2) is 4.79 Å². The van der Waals surface area contributed by atoms with Gasteiger partial charge in [-0.15, -0.1) is 0 Å². The minimum absolute atomic E-state index is 0.00751. The van der Waals surface area contributed by atoms with Crippen LogP contribution < -0.4 is 0 Å². The first-order valence-corrected chi connectivity index (χ1v) is 10.4. The quantitative estimate of drug-likeness (QED) is 0.703. The van der Waals surface area contributed by atoms with Crippen molar-refractivity contribution in [3.63, 3.8) is 0 Å². The number of hydrogen-bond donors (Lipinski definition) is 0. The minimum Gasteiger partial charge on any atom is -0.461 e. The average molecular weight is 398 g/mol. The number of carbonyl (C=O) groups is 2. The molecule has 1 aromatic heterocycles. The molecule has 1 aromatic carbocycles. The van der Waals surface area contributed by atoms with Crippen LogP contribution in [0.25, 0.3) is 0 Å². The van der Waals surface area contributed by atoms with Crippen molar-refractivity contribution in [2.45, 2.75) is 34.2 Å². The molecule has 0 bridgehead atoms. The monoisotopic (exact) mass is 397 g/mol. The molecular weight excluding hydrogens is 366 g/mol. The van der Waals surface area contributed by atoms with Crippen LogP contribution >= 0.6 is 0 Å². The van der Waals surface area contributed by atoms with Crippen molar-refractivity contribution in [3.05, 3.63) is 58.4 Å². The molecule has 1 aliphatic rings. The third-order valence-corrected chi connectivity index (χ3v) is 5.74. The van der Waals surface area contributed by atoms with Gasteiger partial charge in [0, 0.05) is 38.4 Å². The summed E-state index contributed by atoms with van der Waals surface area (Å²) in [7, 11) is 0. The van der Waals surface area contributed by atoms with Crippen LogP contribution in [0.2, 0.25) is 0 Å². The van der Waals surface area contributed by atoms with Crippen LogP contribution in [0.4, 0.5) is 0 Å². The number of aromatic nitrogens is 1. The minimum atomic E-state index is -0.376. The summed E-state index contributed by atoms with van der Waals surface area (Å²) in [5.74, 6) is -0.369. The highest BCUT2D eigenvalue weighted by Crippen LogP contribution is 2.26. The van der Waals surface area contributed by atoms with Gasteiger partial charge in [0.1, 0.15) is 5.69 Å². The fourth-order valence-electron chi connectivity index (χ4n) is 4.06. The summed E-state index contributed by atoms with van der Waals surface area (Å²) in [5.41, 5.74) is 3.71. The van der Waals surface area contributed by atoms with E-state index in [1.165, 1.54) is 0 Å². The number of amides is 1. The summed E-state index contributed by atoms with van der Waals surface area (Å²) >= 11 is 0. The second-order valence-corrected chi connectivity index (χ2v) is 7.45. The van der Waals surface area contributed by atoms with E-state index in [9.17, 15) is 9.59 Å². The van der Waals surface area contributed by atoms with Crippen LogP contribution in [-0.4, -0.2) is 65.6 Å². The van der Waals surface area contributed by atoms with Crippen molar-refractivity contribution in [1.82, 2.24) is 14.4 Å². The molecule has 3 rings (SSSR count). The summed E-state index contributed by atoms with van der Waals surface area (Å²) in [6.07, 6.45) is 0. The van der Waals surface area contributed by atoms with E-state index in [1.54, 1.807) is 6.92 Å². The maximum absolute atomic E-state index is 13.4. The molecule has 1 aliphatic heterocycles. The van der Waals surface area contributed by atoms with Crippen LogP contribution in [0.5, 0.6) is 0 Å². The Morgan fingerprint density at radius 2 is 1.66 bits per heavy atom. The predicted octanol–water partition coefficient (Wildman–Crippen LogP) is 3.11. The number of likely N-dealkylation sites (N-methyl/N-ethyl adjacent to an activating group) is 1. The highest BCUT2D eigenvalue weighted by atomic mass is 16.5. The largest absolute Gasteiger partial charge is 0.461 e. The molecule has 6 heteroatoms. The molecule has 1 amide bonds. The van der Waals surface area contributed by atoms with Crippen LogP contribution in [0.3, 0.4) is 0 Å². The Morgan fingerprint density at radius 3 is 2.24 bits per heavy atom. The third-order valence-electron chi connectivity index (χ3n) is 5.74. The number of carbonyl (C=O) groups excluding carboxylic acids is 2. The maximum atomic E-state index is 13.4. The number of piperazine rings is 1. The first kappa shape index (κ1) is 21.1. The van der Waals surface area contributed by atoms with Crippen LogP contribution in [-0.2, 0) is 11.3 Å². The Bertz CT molecular complexity index is 865. The van der Waals surface area contributed by atoms with Gasteiger partial charge >= 0.3 is 5.97 Å². The van der Waals surface area contributed by atoms with Crippen molar-refractivity contribution in [3.8, 4) is 0 Å². The normalized spacial score (nSPS) is 14.8. The Kier molecular flexibility index (Phi) is 6.75. The SMILES string of the molecule is CCOC(=O)c1c(C)c(C(=O)N2CCN(CC)CC2)c(C)n1Cc1ccccc1. The maximum Gasteiger partial charge on any atom is 0.355 e. The zero-order chi connectivity index (χ0) is 21.0. The van der Waals surface area contributed by atoms with E-state index in [1.807, 2.05) is 53.6 Å². The molecule has 156 valence electrons. The molecule has 6 nitrogen and oxygen atoms in total. The zero-order valence-corrected chi connectivity index (χ0v) is 17.9. The molecule has 0 saturated carbocycles. The lowest BCUT2D eigenvalue weighted by Crippen LogP contribution is -2.48.